The van der Waals surface area contributed by atoms with Crippen LogP contribution in [0.15, 0.2) is 24.3 Å². The van der Waals surface area contributed by atoms with Gasteiger partial charge in [0.15, 0.2) is 0 Å². The average Bonchev–Trinajstić information content (AvgIpc) is 2.62. The van der Waals surface area contributed by atoms with Crippen LogP contribution in [-0.4, -0.2) is 12.6 Å². The van der Waals surface area contributed by atoms with Crippen LogP contribution in [0.4, 0.5) is 5.69 Å². The Balaban J connectivity index is 1.85. The molecule has 0 unspecified atom stereocenters. The molecule has 0 aromatic heterocycles. The molecule has 0 aliphatic rings. The molecule has 141 valence electrons. The van der Waals surface area contributed by atoms with Crippen molar-refractivity contribution < 1.29 is 9.53 Å². The number of esters is 1. The zero-order valence-electron chi connectivity index (χ0n) is 16.0. The third kappa shape index (κ3) is 11.6. The van der Waals surface area contributed by atoms with Gasteiger partial charge in [0.05, 0.1) is 17.9 Å². The fourth-order valence-electron chi connectivity index (χ4n) is 3.01. The van der Waals surface area contributed by atoms with Gasteiger partial charge in [-0.25, -0.2) is 4.79 Å². The summed E-state index contributed by atoms with van der Waals surface area (Å²) in [6.45, 7) is 2.75. The Morgan fingerprint density at radius 3 is 1.88 bits per heavy atom. The number of ether oxygens (including phenoxy) is 1. The number of hydrogen-bond acceptors (Lipinski definition) is 2. The van der Waals surface area contributed by atoms with E-state index in [1.807, 2.05) is 0 Å². The molecule has 0 aliphatic carbocycles. The molecule has 1 aromatic rings. The highest BCUT2D eigenvalue weighted by molar-refractivity contribution is 5.90. The summed E-state index contributed by atoms with van der Waals surface area (Å²) in [6.07, 6.45) is 17.1. The predicted molar refractivity (Wildman–Crippen MR) is 105 cm³/mol. The van der Waals surface area contributed by atoms with Crippen molar-refractivity contribution in [3.05, 3.63) is 29.8 Å². The maximum Gasteiger partial charge on any atom is 0.338 e. The standard InChI is InChI=1S/C22H36NO2/c1-2-3-4-5-6-7-8-9-10-11-12-13-14-18-25-22(24)20-16-15-17-21(23)19-20/h15-17,19,23H,2-14,18H2,1H3. The highest BCUT2D eigenvalue weighted by Crippen LogP contribution is 2.13. The molecule has 1 N–H and O–H groups in total. The Bertz CT molecular complexity index is 459. The molecule has 3 heteroatoms. The molecule has 0 saturated heterocycles. The zero-order chi connectivity index (χ0) is 18.2. The summed E-state index contributed by atoms with van der Waals surface area (Å²) < 4.78 is 5.26. The van der Waals surface area contributed by atoms with Crippen molar-refractivity contribution in [2.75, 3.05) is 6.61 Å². The Morgan fingerprint density at radius 1 is 0.840 bits per heavy atom. The van der Waals surface area contributed by atoms with Gasteiger partial charge in [-0.3, -0.25) is 0 Å². The normalized spacial score (nSPS) is 10.8. The number of hydrogen-bond donors (Lipinski definition) is 0. The van der Waals surface area contributed by atoms with E-state index in [9.17, 15) is 4.79 Å². The third-order valence-electron chi connectivity index (χ3n) is 4.58. The molecule has 1 aromatic carbocycles. The molecule has 0 bridgehead atoms. The monoisotopic (exact) mass is 346 g/mol. The molecule has 25 heavy (non-hydrogen) atoms. The van der Waals surface area contributed by atoms with E-state index in [-0.39, 0.29) is 5.97 Å². The van der Waals surface area contributed by atoms with E-state index in [4.69, 9.17) is 10.5 Å². The largest absolute Gasteiger partial charge is 0.462 e. The molecule has 1 rings (SSSR count). The van der Waals surface area contributed by atoms with Crippen LogP contribution < -0.4 is 5.73 Å². The third-order valence-corrected chi connectivity index (χ3v) is 4.58. The first-order chi connectivity index (χ1) is 12.2. The van der Waals surface area contributed by atoms with Gasteiger partial charge in [-0.2, -0.15) is 0 Å². The first kappa shape index (κ1) is 21.5. The predicted octanol–water partition coefficient (Wildman–Crippen LogP) is 6.85. The lowest BCUT2D eigenvalue weighted by atomic mass is 10.0. The average molecular weight is 347 g/mol. The highest BCUT2D eigenvalue weighted by Gasteiger charge is 2.06. The Kier molecular flexibility index (Phi) is 12.7. The summed E-state index contributed by atoms with van der Waals surface area (Å²) in [5.74, 6) is -0.312. The first-order valence-electron chi connectivity index (χ1n) is 10.2. The number of rotatable bonds is 15. The van der Waals surface area contributed by atoms with Crippen molar-refractivity contribution in [3.8, 4) is 0 Å². The van der Waals surface area contributed by atoms with E-state index in [2.05, 4.69) is 6.92 Å². The lowest BCUT2D eigenvalue weighted by Crippen LogP contribution is -2.06. The van der Waals surface area contributed by atoms with Crippen LogP contribution in [0.5, 0.6) is 0 Å². The summed E-state index contributed by atoms with van der Waals surface area (Å²) in [4.78, 5) is 11.8. The van der Waals surface area contributed by atoms with E-state index < -0.39 is 0 Å². The number of carbonyl (C=O) groups is 1. The van der Waals surface area contributed by atoms with Crippen molar-refractivity contribution in [3.63, 3.8) is 0 Å². The Morgan fingerprint density at radius 2 is 1.36 bits per heavy atom. The second kappa shape index (κ2) is 14.8. The lowest BCUT2D eigenvalue weighted by Gasteiger charge is -2.05. The number of carbonyl (C=O) groups excluding carboxylic acids is 1. The van der Waals surface area contributed by atoms with Gasteiger partial charge in [0.1, 0.15) is 0 Å². The van der Waals surface area contributed by atoms with Gasteiger partial charge in [-0.1, -0.05) is 90.0 Å². The van der Waals surface area contributed by atoms with Gasteiger partial charge in [-0.05, 0) is 24.6 Å². The number of nitrogens with one attached hydrogen (secondary N) is 1. The van der Waals surface area contributed by atoms with E-state index in [1.165, 1.54) is 70.6 Å². The second-order valence-electron chi connectivity index (χ2n) is 6.96. The minimum absolute atomic E-state index is 0.312. The molecule has 0 amide bonds. The van der Waals surface area contributed by atoms with Gasteiger partial charge < -0.3 is 10.5 Å². The lowest BCUT2D eigenvalue weighted by molar-refractivity contribution is 0.0497. The second-order valence-corrected chi connectivity index (χ2v) is 6.96. The van der Waals surface area contributed by atoms with Crippen LogP contribution in [-0.2, 0) is 4.74 Å². The van der Waals surface area contributed by atoms with Gasteiger partial charge in [0.2, 0.25) is 0 Å². The topological polar surface area (TPSA) is 50.1 Å². The van der Waals surface area contributed by atoms with Crippen molar-refractivity contribution in [1.82, 2.24) is 5.73 Å². The Labute approximate surface area is 154 Å². The molecule has 0 spiro atoms. The van der Waals surface area contributed by atoms with Crippen LogP contribution in [0.25, 0.3) is 0 Å². The molecule has 3 nitrogen and oxygen atoms in total. The minimum atomic E-state index is -0.312. The van der Waals surface area contributed by atoms with E-state index in [0.717, 1.165) is 12.8 Å². The van der Waals surface area contributed by atoms with Gasteiger partial charge in [0.25, 0.3) is 0 Å². The van der Waals surface area contributed by atoms with Gasteiger partial charge >= 0.3 is 5.97 Å². The maximum absolute atomic E-state index is 11.8. The van der Waals surface area contributed by atoms with Crippen LogP contribution >= 0.6 is 0 Å². The summed E-state index contributed by atoms with van der Waals surface area (Å²) in [5.41, 5.74) is 8.33. The molecule has 1 radical (unpaired) electrons. The molecule has 0 heterocycles. The summed E-state index contributed by atoms with van der Waals surface area (Å²) in [7, 11) is 0. The summed E-state index contributed by atoms with van der Waals surface area (Å²) in [6, 6.07) is 6.61. The molecule has 0 aliphatic heterocycles. The van der Waals surface area contributed by atoms with Crippen molar-refractivity contribution in [2.45, 2.75) is 90.4 Å². The van der Waals surface area contributed by atoms with Crippen molar-refractivity contribution in [2.24, 2.45) is 0 Å². The molecule has 0 atom stereocenters. The van der Waals surface area contributed by atoms with Crippen LogP contribution in [0, 0.1) is 0 Å². The number of benzene rings is 1. The highest BCUT2D eigenvalue weighted by atomic mass is 16.5. The first-order valence-corrected chi connectivity index (χ1v) is 10.2. The summed E-state index contributed by atoms with van der Waals surface area (Å²) >= 11 is 0. The molecular formula is C22H36NO2. The maximum atomic E-state index is 11.8. The van der Waals surface area contributed by atoms with Gasteiger partial charge in [-0.15, -0.1) is 0 Å². The molecule has 0 saturated carbocycles. The number of unbranched alkanes of at least 4 members (excludes halogenated alkanes) is 12. The molecule has 0 fully saturated rings. The minimum Gasteiger partial charge on any atom is -0.462 e. The SMILES string of the molecule is CCCCCCCCCCCCCCCOC(=O)c1cccc([NH])c1. The van der Waals surface area contributed by atoms with Crippen LogP contribution in [0.2, 0.25) is 0 Å². The molecular weight excluding hydrogens is 310 g/mol. The van der Waals surface area contributed by atoms with Gasteiger partial charge in [0, 0.05) is 0 Å². The summed E-state index contributed by atoms with van der Waals surface area (Å²) in [5, 5.41) is 0. The zero-order valence-corrected chi connectivity index (χ0v) is 16.0. The fourth-order valence-corrected chi connectivity index (χ4v) is 3.01. The van der Waals surface area contributed by atoms with E-state index in [0.29, 0.717) is 17.9 Å². The quantitative estimate of drug-likeness (QED) is 0.257. The van der Waals surface area contributed by atoms with E-state index in [1.54, 1.807) is 24.3 Å². The van der Waals surface area contributed by atoms with Crippen molar-refractivity contribution in [1.29, 1.82) is 0 Å². The van der Waals surface area contributed by atoms with E-state index >= 15 is 0 Å². The fraction of sp³-hybridized carbons (Fsp3) is 0.682. The van der Waals surface area contributed by atoms with Crippen LogP contribution in [0.3, 0.4) is 0 Å². The Hall–Kier alpha value is -1.51. The van der Waals surface area contributed by atoms with Crippen molar-refractivity contribution >= 4 is 11.7 Å². The smallest absolute Gasteiger partial charge is 0.338 e. The van der Waals surface area contributed by atoms with Crippen LogP contribution in [0.1, 0.15) is 101 Å².